The first-order valence-corrected chi connectivity index (χ1v) is 15.1. The topological polar surface area (TPSA) is 97.2 Å². The quantitative estimate of drug-likeness (QED) is 0.343. The van der Waals surface area contributed by atoms with Gasteiger partial charge in [-0.15, -0.1) is 5.10 Å². The van der Waals surface area contributed by atoms with E-state index in [1.807, 2.05) is 12.1 Å². The van der Waals surface area contributed by atoms with E-state index >= 15 is 0 Å². The zero-order valence-corrected chi connectivity index (χ0v) is 24.4. The number of hydrogen-bond acceptors (Lipinski definition) is 8. The smallest absolute Gasteiger partial charge is 0.394 e. The highest BCUT2D eigenvalue weighted by molar-refractivity contribution is 7.97. The molecule has 2 N–H and O–H groups in total. The Hall–Kier alpha value is -3.48. The van der Waals surface area contributed by atoms with Crippen molar-refractivity contribution in [1.29, 1.82) is 0 Å². The normalized spacial score (nSPS) is 21.4. The van der Waals surface area contributed by atoms with Crippen LogP contribution in [0.4, 0.5) is 24.7 Å². The molecule has 1 atom stereocenters. The van der Waals surface area contributed by atoms with Gasteiger partial charge in [-0.2, -0.15) is 13.2 Å². The summed E-state index contributed by atoms with van der Waals surface area (Å²) < 4.78 is 49.8. The first-order valence-electron chi connectivity index (χ1n) is 14.2. The average molecular weight is 602 g/mol. The molecular weight excluding hydrogens is 567 g/mol. The van der Waals surface area contributed by atoms with E-state index in [1.54, 1.807) is 30.6 Å². The molecule has 1 aliphatic carbocycles. The Balaban J connectivity index is 1.25. The zero-order valence-electron chi connectivity index (χ0n) is 23.6. The number of anilines is 2. The molecule has 2 aliphatic heterocycles. The van der Waals surface area contributed by atoms with Crippen LogP contribution in [-0.4, -0.2) is 57.1 Å². The van der Waals surface area contributed by atoms with E-state index in [0.29, 0.717) is 28.1 Å². The van der Waals surface area contributed by atoms with Crippen molar-refractivity contribution in [2.45, 2.75) is 69.1 Å². The minimum Gasteiger partial charge on any atom is -0.477 e. The van der Waals surface area contributed by atoms with Crippen molar-refractivity contribution in [2.24, 2.45) is 11.3 Å². The van der Waals surface area contributed by atoms with Gasteiger partial charge >= 0.3 is 6.18 Å². The highest BCUT2D eigenvalue weighted by Gasteiger charge is 2.62. The fourth-order valence-corrected chi connectivity index (χ4v) is 6.55. The van der Waals surface area contributed by atoms with Crippen LogP contribution in [0.2, 0.25) is 0 Å². The molecule has 1 saturated heterocycles. The van der Waals surface area contributed by atoms with Crippen molar-refractivity contribution >= 4 is 29.4 Å². The molecule has 3 aromatic heterocycles. The predicted octanol–water partition coefficient (Wildman–Crippen LogP) is 6.02. The van der Waals surface area contributed by atoms with Gasteiger partial charge in [0, 0.05) is 54.7 Å². The molecule has 3 aromatic rings. The molecule has 3 aliphatic rings. The van der Waals surface area contributed by atoms with Crippen molar-refractivity contribution in [3.05, 3.63) is 48.3 Å². The number of nitrogens with one attached hydrogen (secondary N) is 2. The van der Waals surface area contributed by atoms with Gasteiger partial charge in [-0.3, -0.25) is 9.52 Å². The number of aromatic nitrogens is 4. The maximum Gasteiger partial charge on any atom is 0.394 e. The lowest BCUT2D eigenvalue weighted by Gasteiger charge is -2.34. The SMILES string of the molecule is CC1(C)CC2CCCNc3ccnc(c3)SNC(=O)c3ccc(-n4ccc(OCCC5(C(F)(F)F)CC5)n4)nc3N1C2. The highest BCUT2D eigenvalue weighted by atomic mass is 32.2. The monoisotopic (exact) mass is 601 g/mol. The van der Waals surface area contributed by atoms with Crippen molar-refractivity contribution in [2.75, 3.05) is 29.9 Å². The third kappa shape index (κ3) is 5.88. The Bertz CT molecular complexity index is 1460. The van der Waals surface area contributed by atoms with Crippen molar-refractivity contribution in [3.63, 3.8) is 0 Å². The summed E-state index contributed by atoms with van der Waals surface area (Å²) in [6.07, 6.45) is 2.38. The maximum atomic E-state index is 13.5. The number of halogens is 3. The predicted molar refractivity (Wildman–Crippen MR) is 154 cm³/mol. The lowest BCUT2D eigenvalue weighted by atomic mass is 9.93. The molecule has 5 heterocycles. The van der Waals surface area contributed by atoms with Crippen LogP contribution >= 0.6 is 11.9 Å². The van der Waals surface area contributed by atoms with Gasteiger partial charge in [0.1, 0.15) is 10.8 Å². The molecule has 0 spiro atoms. The van der Waals surface area contributed by atoms with Crippen LogP contribution < -0.4 is 19.7 Å². The summed E-state index contributed by atoms with van der Waals surface area (Å²) in [6, 6.07) is 8.89. The highest BCUT2D eigenvalue weighted by Crippen LogP contribution is 2.59. The molecule has 0 aromatic carbocycles. The summed E-state index contributed by atoms with van der Waals surface area (Å²) in [6.45, 7) is 5.88. The van der Waals surface area contributed by atoms with Gasteiger partial charge in [-0.1, -0.05) is 0 Å². The Morgan fingerprint density at radius 2 is 2.02 bits per heavy atom. The summed E-state index contributed by atoms with van der Waals surface area (Å²) in [5.74, 6) is 1.42. The molecule has 1 saturated carbocycles. The van der Waals surface area contributed by atoms with E-state index in [4.69, 9.17) is 9.72 Å². The number of carbonyl (C=O) groups excluding carboxylic acids is 1. The maximum absolute atomic E-state index is 13.5. The third-order valence-electron chi connectivity index (χ3n) is 8.51. The van der Waals surface area contributed by atoms with Gasteiger partial charge < -0.3 is 15.0 Å². The van der Waals surface area contributed by atoms with Crippen molar-refractivity contribution < 1.29 is 22.7 Å². The van der Waals surface area contributed by atoms with Crippen LogP contribution in [0.25, 0.3) is 5.82 Å². The van der Waals surface area contributed by atoms with Gasteiger partial charge in [-0.05, 0) is 82.6 Å². The number of ether oxygens (including phenoxy) is 1. The minimum absolute atomic E-state index is 0.0668. The molecule has 2 fully saturated rings. The van der Waals surface area contributed by atoms with Gasteiger partial charge in [0.25, 0.3) is 5.91 Å². The van der Waals surface area contributed by atoms with Crippen LogP contribution in [-0.2, 0) is 0 Å². The van der Waals surface area contributed by atoms with E-state index in [-0.39, 0.29) is 43.2 Å². The second-order valence-electron chi connectivity index (χ2n) is 12.0. The molecule has 1 unspecified atom stereocenters. The second kappa shape index (κ2) is 11.0. The van der Waals surface area contributed by atoms with Gasteiger partial charge in [0.2, 0.25) is 5.88 Å². The minimum atomic E-state index is -4.21. The number of fused-ring (bicyclic) bond motifs is 6. The van der Waals surface area contributed by atoms with E-state index in [0.717, 1.165) is 50.0 Å². The largest absolute Gasteiger partial charge is 0.477 e. The van der Waals surface area contributed by atoms with Crippen LogP contribution in [0, 0.1) is 11.3 Å². The first-order chi connectivity index (χ1) is 20.0. The molecule has 1 amide bonds. The second-order valence-corrected chi connectivity index (χ2v) is 12.8. The number of carbonyl (C=O) groups is 1. The molecule has 0 radical (unpaired) electrons. The number of amides is 1. The molecule has 6 rings (SSSR count). The summed E-state index contributed by atoms with van der Waals surface area (Å²) in [5, 5.41) is 8.54. The summed E-state index contributed by atoms with van der Waals surface area (Å²) in [7, 11) is 0. The Morgan fingerprint density at radius 1 is 1.19 bits per heavy atom. The molecule has 42 heavy (non-hydrogen) atoms. The lowest BCUT2D eigenvalue weighted by molar-refractivity contribution is -0.190. The van der Waals surface area contributed by atoms with E-state index in [9.17, 15) is 18.0 Å². The third-order valence-corrected chi connectivity index (χ3v) is 9.23. The van der Waals surface area contributed by atoms with Crippen LogP contribution in [0.1, 0.15) is 62.7 Å². The molecule has 4 bridgehead atoms. The van der Waals surface area contributed by atoms with E-state index in [2.05, 4.69) is 38.9 Å². The zero-order chi connectivity index (χ0) is 29.5. The van der Waals surface area contributed by atoms with Gasteiger partial charge in [0.15, 0.2) is 5.82 Å². The number of rotatable bonds is 5. The number of pyridine rings is 2. The van der Waals surface area contributed by atoms with Crippen LogP contribution in [0.15, 0.2) is 47.8 Å². The Morgan fingerprint density at radius 3 is 2.81 bits per heavy atom. The summed E-state index contributed by atoms with van der Waals surface area (Å²) in [4.78, 5) is 25.0. The lowest BCUT2D eigenvalue weighted by Crippen LogP contribution is -2.40. The fraction of sp³-hybridized carbons (Fsp3) is 0.517. The van der Waals surface area contributed by atoms with Crippen LogP contribution in [0.3, 0.4) is 0 Å². The number of alkyl halides is 3. The fourth-order valence-electron chi connectivity index (χ4n) is 5.94. The Labute approximate surface area is 246 Å². The Kier molecular flexibility index (Phi) is 7.48. The van der Waals surface area contributed by atoms with Gasteiger partial charge in [0.05, 0.1) is 17.6 Å². The summed E-state index contributed by atoms with van der Waals surface area (Å²) in [5.41, 5.74) is -0.445. The standard InChI is InChI=1S/C29H34F3N7O2S/c1-27(2)17-19-4-3-12-33-20-7-13-34-24(16-20)42-37-26(40)21-5-6-22(35-25(21)38(27)18-19)39-14-8-23(36-39)41-15-11-28(9-10-28)29(30,31)32/h5-8,13-14,16,19,33H,3-4,9-12,15,17-18H2,1-2H3,(H,37,40). The first kappa shape index (κ1) is 28.6. The number of nitrogens with zero attached hydrogens (tertiary/aromatic N) is 5. The molecule has 13 heteroatoms. The van der Waals surface area contributed by atoms with E-state index in [1.165, 1.54) is 4.68 Å². The summed E-state index contributed by atoms with van der Waals surface area (Å²) >= 11 is 1.15. The molecule has 9 nitrogen and oxygen atoms in total. The molecule has 224 valence electrons. The number of hydrogen-bond donors (Lipinski definition) is 2. The van der Waals surface area contributed by atoms with E-state index < -0.39 is 11.6 Å². The molecular formula is C29H34F3N7O2S. The van der Waals surface area contributed by atoms with Crippen molar-refractivity contribution in [1.82, 2.24) is 24.5 Å². The van der Waals surface area contributed by atoms with Gasteiger partial charge in [-0.25, -0.2) is 14.6 Å². The average Bonchev–Trinajstić information content (AvgIpc) is 3.50. The van der Waals surface area contributed by atoms with Crippen LogP contribution in [0.5, 0.6) is 5.88 Å². The van der Waals surface area contributed by atoms with Crippen molar-refractivity contribution in [3.8, 4) is 11.7 Å².